The number of rotatable bonds is 4. The molecule has 5 nitrogen and oxygen atoms in total. The van der Waals surface area contributed by atoms with Gasteiger partial charge in [0.2, 0.25) is 0 Å². The molecule has 2 saturated heterocycles. The Hall–Kier alpha value is -0.650. The van der Waals surface area contributed by atoms with E-state index in [9.17, 15) is 4.79 Å². The highest BCUT2D eigenvalue weighted by atomic mass is 16.5. The van der Waals surface area contributed by atoms with Crippen molar-refractivity contribution in [2.45, 2.75) is 51.4 Å². The van der Waals surface area contributed by atoms with Gasteiger partial charge in [0.1, 0.15) is 6.10 Å². The predicted molar refractivity (Wildman–Crippen MR) is 74.9 cm³/mol. The monoisotopic (exact) mass is 269 g/mol. The number of carbonyl (C=O) groups is 1. The van der Waals surface area contributed by atoms with Crippen LogP contribution in [-0.2, 0) is 9.53 Å². The molecule has 110 valence electrons. The zero-order chi connectivity index (χ0) is 13.8. The van der Waals surface area contributed by atoms with Crippen molar-refractivity contribution in [2.75, 3.05) is 32.7 Å². The average Bonchev–Trinajstić information content (AvgIpc) is 2.87. The summed E-state index contributed by atoms with van der Waals surface area (Å²) < 4.78 is 5.67. The van der Waals surface area contributed by atoms with Crippen LogP contribution in [0.15, 0.2) is 0 Å². The van der Waals surface area contributed by atoms with Crippen molar-refractivity contribution in [2.24, 2.45) is 5.73 Å². The first-order chi connectivity index (χ1) is 9.15. The minimum absolute atomic E-state index is 0.185. The van der Waals surface area contributed by atoms with Crippen molar-refractivity contribution in [3.8, 4) is 0 Å². The average molecular weight is 269 g/mol. The lowest BCUT2D eigenvalue weighted by Crippen LogP contribution is -2.55. The lowest BCUT2D eigenvalue weighted by atomic mass is 10.1. The van der Waals surface area contributed by atoms with Crippen molar-refractivity contribution in [1.29, 1.82) is 0 Å². The topological polar surface area (TPSA) is 58.8 Å². The molecule has 2 aliphatic rings. The molecule has 3 unspecified atom stereocenters. The summed E-state index contributed by atoms with van der Waals surface area (Å²) in [6.45, 7) is 8.40. The van der Waals surface area contributed by atoms with Crippen LogP contribution >= 0.6 is 0 Å². The van der Waals surface area contributed by atoms with E-state index in [-0.39, 0.29) is 18.1 Å². The number of amides is 1. The van der Waals surface area contributed by atoms with E-state index in [4.69, 9.17) is 10.5 Å². The van der Waals surface area contributed by atoms with Crippen LogP contribution in [0.1, 0.15) is 33.1 Å². The van der Waals surface area contributed by atoms with E-state index in [1.54, 1.807) is 0 Å². The quantitative estimate of drug-likeness (QED) is 0.804. The molecule has 0 aromatic rings. The first kappa shape index (κ1) is 14.8. The summed E-state index contributed by atoms with van der Waals surface area (Å²) in [6.07, 6.45) is 2.99. The second kappa shape index (κ2) is 6.68. The minimum Gasteiger partial charge on any atom is -0.365 e. The first-order valence-corrected chi connectivity index (χ1v) is 7.54. The summed E-state index contributed by atoms with van der Waals surface area (Å²) >= 11 is 0. The molecule has 0 spiro atoms. The Bertz CT molecular complexity index is 299. The molecular formula is C14H27N3O2. The van der Waals surface area contributed by atoms with E-state index >= 15 is 0 Å². The van der Waals surface area contributed by atoms with Gasteiger partial charge in [0.05, 0.1) is 6.10 Å². The summed E-state index contributed by atoms with van der Waals surface area (Å²) in [7, 11) is 0. The largest absolute Gasteiger partial charge is 0.365 e. The van der Waals surface area contributed by atoms with Crippen molar-refractivity contribution in [1.82, 2.24) is 9.80 Å². The Kier molecular flexibility index (Phi) is 5.19. The fourth-order valence-electron chi connectivity index (χ4n) is 3.07. The van der Waals surface area contributed by atoms with Gasteiger partial charge in [-0.15, -0.1) is 0 Å². The highest BCUT2D eigenvalue weighted by Crippen LogP contribution is 2.21. The number of hydrogen-bond donors (Lipinski definition) is 1. The van der Waals surface area contributed by atoms with Crippen LogP contribution in [0.25, 0.3) is 0 Å². The lowest BCUT2D eigenvalue weighted by Gasteiger charge is -2.39. The Morgan fingerprint density at radius 2 is 2.00 bits per heavy atom. The molecule has 0 aromatic heterocycles. The van der Waals surface area contributed by atoms with Gasteiger partial charge in [0.25, 0.3) is 5.91 Å². The molecule has 0 saturated carbocycles. The van der Waals surface area contributed by atoms with Crippen LogP contribution < -0.4 is 5.73 Å². The molecule has 0 bridgehead atoms. The summed E-state index contributed by atoms with van der Waals surface area (Å²) in [5.74, 6) is 0.185. The summed E-state index contributed by atoms with van der Waals surface area (Å²) in [5.41, 5.74) is 5.78. The highest BCUT2D eigenvalue weighted by molar-refractivity contribution is 5.81. The highest BCUT2D eigenvalue weighted by Gasteiger charge is 2.33. The maximum Gasteiger partial charge on any atom is 0.251 e. The van der Waals surface area contributed by atoms with Gasteiger partial charge in [-0.1, -0.05) is 6.92 Å². The normalized spacial score (nSPS) is 30.6. The van der Waals surface area contributed by atoms with Gasteiger partial charge in [0.15, 0.2) is 0 Å². The Labute approximate surface area is 116 Å². The van der Waals surface area contributed by atoms with Gasteiger partial charge in [-0.3, -0.25) is 9.69 Å². The molecular weight excluding hydrogens is 242 g/mol. The van der Waals surface area contributed by atoms with Gasteiger partial charge < -0.3 is 15.4 Å². The van der Waals surface area contributed by atoms with Gasteiger partial charge in [-0.25, -0.2) is 0 Å². The number of ether oxygens (including phenoxy) is 1. The second-order valence-corrected chi connectivity index (χ2v) is 5.67. The van der Waals surface area contributed by atoms with E-state index in [0.717, 1.165) is 45.4 Å². The van der Waals surface area contributed by atoms with E-state index in [1.165, 1.54) is 0 Å². The Morgan fingerprint density at radius 3 is 2.47 bits per heavy atom. The van der Waals surface area contributed by atoms with Crippen LogP contribution in [-0.4, -0.2) is 66.7 Å². The third kappa shape index (κ3) is 3.46. The van der Waals surface area contributed by atoms with Crippen molar-refractivity contribution in [3.05, 3.63) is 0 Å². The molecule has 2 aliphatic heterocycles. The van der Waals surface area contributed by atoms with Crippen LogP contribution in [0.3, 0.4) is 0 Å². The zero-order valence-corrected chi connectivity index (χ0v) is 12.2. The molecule has 2 fully saturated rings. The van der Waals surface area contributed by atoms with Gasteiger partial charge in [-0.05, 0) is 26.2 Å². The van der Waals surface area contributed by atoms with E-state index in [1.807, 2.05) is 11.8 Å². The van der Waals surface area contributed by atoms with E-state index in [0.29, 0.717) is 12.6 Å². The van der Waals surface area contributed by atoms with Crippen LogP contribution in [0.2, 0.25) is 0 Å². The SMILES string of the molecule is CCC(CN)N1CCN(C(=O)C2CCC(C)O2)CC1. The smallest absolute Gasteiger partial charge is 0.251 e. The molecule has 2 N–H and O–H groups in total. The third-order valence-electron chi connectivity index (χ3n) is 4.39. The molecule has 0 radical (unpaired) electrons. The third-order valence-corrected chi connectivity index (χ3v) is 4.39. The van der Waals surface area contributed by atoms with Crippen LogP contribution in [0.5, 0.6) is 0 Å². The standard InChI is InChI=1S/C14H27N3O2/c1-3-12(10-15)16-6-8-17(9-7-16)14(18)13-5-4-11(2)19-13/h11-13H,3-10,15H2,1-2H3. The molecule has 3 atom stereocenters. The van der Waals surface area contributed by atoms with Crippen LogP contribution in [0.4, 0.5) is 0 Å². The van der Waals surface area contributed by atoms with Gasteiger partial charge in [0, 0.05) is 38.8 Å². The van der Waals surface area contributed by atoms with Crippen molar-refractivity contribution in [3.63, 3.8) is 0 Å². The summed E-state index contributed by atoms with van der Waals surface area (Å²) in [4.78, 5) is 16.7. The molecule has 2 rings (SSSR count). The maximum atomic E-state index is 12.3. The Balaban J connectivity index is 1.81. The molecule has 2 heterocycles. The van der Waals surface area contributed by atoms with Crippen molar-refractivity contribution < 1.29 is 9.53 Å². The number of nitrogens with zero attached hydrogens (tertiary/aromatic N) is 2. The number of carbonyl (C=O) groups excluding carboxylic acids is 1. The number of piperazine rings is 1. The Morgan fingerprint density at radius 1 is 1.32 bits per heavy atom. The van der Waals surface area contributed by atoms with Gasteiger partial charge in [-0.2, -0.15) is 0 Å². The first-order valence-electron chi connectivity index (χ1n) is 7.54. The van der Waals surface area contributed by atoms with E-state index < -0.39 is 0 Å². The second-order valence-electron chi connectivity index (χ2n) is 5.67. The molecule has 19 heavy (non-hydrogen) atoms. The summed E-state index contributed by atoms with van der Waals surface area (Å²) in [5, 5.41) is 0. The molecule has 5 heteroatoms. The zero-order valence-electron chi connectivity index (χ0n) is 12.2. The number of nitrogens with two attached hydrogens (primary N) is 1. The minimum atomic E-state index is -0.196. The fourth-order valence-corrected chi connectivity index (χ4v) is 3.07. The molecule has 0 aliphatic carbocycles. The summed E-state index contributed by atoms with van der Waals surface area (Å²) in [6, 6.07) is 0.458. The van der Waals surface area contributed by atoms with Crippen LogP contribution in [0, 0.1) is 0 Å². The lowest BCUT2D eigenvalue weighted by molar-refractivity contribution is -0.144. The maximum absolute atomic E-state index is 12.3. The van der Waals surface area contributed by atoms with Gasteiger partial charge >= 0.3 is 0 Å². The van der Waals surface area contributed by atoms with Crippen molar-refractivity contribution >= 4 is 5.91 Å². The number of hydrogen-bond acceptors (Lipinski definition) is 4. The predicted octanol–water partition coefficient (Wildman–Crippen LogP) is 0.435. The molecule has 1 amide bonds. The fraction of sp³-hybridized carbons (Fsp3) is 0.929. The van der Waals surface area contributed by atoms with E-state index in [2.05, 4.69) is 11.8 Å². The molecule has 0 aromatic carbocycles.